The molecule has 1 aliphatic rings. The molecular weight excluding hydrogens is 332 g/mol. The Kier molecular flexibility index (Phi) is 4.81. The molecule has 1 N–H and O–H groups in total. The summed E-state index contributed by atoms with van der Waals surface area (Å²) in [6.45, 7) is 0. The molecule has 0 saturated carbocycles. The Labute approximate surface area is 141 Å². The van der Waals surface area contributed by atoms with E-state index in [1.165, 1.54) is 30.5 Å². The molecule has 1 amide bonds. The van der Waals surface area contributed by atoms with Gasteiger partial charge in [0, 0.05) is 0 Å². The minimum atomic E-state index is -0.335. The minimum absolute atomic E-state index is 0.292. The van der Waals surface area contributed by atoms with Crippen LogP contribution in [0.1, 0.15) is 11.1 Å². The molecule has 24 heavy (non-hydrogen) atoms. The second-order valence-corrected chi connectivity index (χ2v) is 5.85. The van der Waals surface area contributed by atoms with Crippen LogP contribution in [0.25, 0.3) is 6.08 Å². The van der Waals surface area contributed by atoms with Crippen LogP contribution in [-0.2, 0) is 4.79 Å². The van der Waals surface area contributed by atoms with Crippen LogP contribution < -0.4 is 5.32 Å². The number of hydrogen-bond acceptors (Lipinski definition) is 4. The third-order valence-corrected chi connectivity index (χ3v) is 3.94. The Morgan fingerprint density at radius 3 is 2.12 bits per heavy atom. The largest absolute Gasteiger partial charge is 0.299 e. The quantitative estimate of drug-likeness (QED) is 0.526. The molecule has 0 aliphatic carbocycles. The van der Waals surface area contributed by atoms with Crippen molar-refractivity contribution in [1.29, 1.82) is 0 Å². The lowest BCUT2D eigenvalue weighted by atomic mass is 10.2. The van der Waals surface area contributed by atoms with E-state index in [4.69, 9.17) is 0 Å². The van der Waals surface area contributed by atoms with E-state index in [-0.39, 0.29) is 17.5 Å². The normalized spacial score (nSPS) is 17.8. The molecule has 7 heteroatoms. The van der Waals surface area contributed by atoms with Crippen LogP contribution in [0.4, 0.5) is 8.78 Å². The zero-order valence-electron chi connectivity index (χ0n) is 12.2. The maximum Gasteiger partial charge on any atom is 0.264 e. The van der Waals surface area contributed by atoms with Crippen LogP contribution in [0, 0.1) is 11.6 Å². The average molecular weight is 343 g/mol. The second-order valence-electron chi connectivity index (χ2n) is 4.82. The van der Waals surface area contributed by atoms with Crippen molar-refractivity contribution in [3.8, 4) is 0 Å². The highest BCUT2D eigenvalue weighted by Crippen LogP contribution is 2.26. The third-order valence-electron chi connectivity index (χ3n) is 3.04. The van der Waals surface area contributed by atoms with Crippen molar-refractivity contribution < 1.29 is 13.6 Å². The summed E-state index contributed by atoms with van der Waals surface area (Å²) >= 11 is 1.14. The van der Waals surface area contributed by atoms with Crippen molar-refractivity contribution in [3.63, 3.8) is 0 Å². The molecular formula is C17H11F2N3OS. The van der Waals surface area contributed by atoms with Gasteiger partial charge in [-0.25, -0.2) is 8.78 Å². The van der Waals surface area contributed by atoms with Crippen molar-refractivity contribution >= 4 is 35.1 Å². The third kappa shape index (κ3) is 4.14. The molecule has 0 radical (unpaired) electrons. The summed E-state index contributed by atoms with van der Waals surface area (Å²) in [5.41, 5.74) is 1.40. The first-order valence-electron chi connectivity index (χ1n) is 6.93. The average Bonchev–Trinajstić information content (AvgIpc) is 2.91. The lowest BCUT2D eigenvalue weighted by Gasteiger charge is -1.94. The van der Waals surface area contributed by atoms with Crippen LogP contribution in [0.5, 0.6) is 0 Å². The van der Waals surface area contributed by atoms with Gasteiger partial charge in [0.15, 0.2) is 5.17 Å². The summed E-state index contributed by atoms with van der Waals surface area (Å²) in [5.74, 6) is -0.953. The van der Waals surface area contributed by atoms with Crippen molar-refractivity contribution in [2.24, 2.45) is 10.2 Å². The van der Waals surface area contributed by atoms with Crippen molar-refractivity contribution in [2.45, 2.75) is 0 Å². The van der Waals surface area contributed by atoms with Crippen LogP contribution in [-0.4, -0.2) is 17.3 Å². The Morgan fingerprint density at radius 1 is 0.917 bits per heavy atom. The van der Waals surface area contributed by atoms with E-state index in [9.17, 15) is 13.6 Å². The SMILES string of the molecule is O=C1N/C(=N/N=C\c2ccc(F)cc2)S/C1=C/c1ccc(F)cc1. The zero-order chi connectivity index (χ0) is 16.9. The van der Waals surface area contributed by atoms with Crippen molar-refractivity contribution in [1.82, 2.24) is 5.32 Å². The summed E-state index contributed by atoms with van der Waals surface area (Å²) in [7, 11) is 0. The fourth-order valence-corrected chi connectivity index (χ4v) is 2.66. The molecule has 1 heterocycles. The molecule has 120 valence electrons. The Hall–Kier alpha value is -2.80. The highest BCUT2D eigenvalue weighted by atomic mass is 32.2. The zero-order valence-corrected chi connectivity index (χ0v) is 13.1. The van der Waals surface area contributed by atoms with Gasteiger partial charge in [-0.3, -0.25) is 10.1 Å². The number of amidine groups is 1. The Bertz CT molecular complexity index is 843. The number of amides is 1. The lowest BCUT2D eigenvalue weighted by Crippen LogP contribution is -2.19. The molecule has 0 aromatic heterocycles. The monoisotopic (exact) mass is 343 g/mol. The number of rotatable bonds is 3. The van der Waals surface area contributed by atoms with E-state index in [1.54, 1.807) is 30.3 Å². The first-order valence-corrected chi connectivity index (χ1v) is 7.75. The topological polar surface area (TPSA) is 53.8 Å². The van der Waals surface area contributed by atoms with Gasteiger partial charge in [-0.05, 0) is 53.2 Å². The van der Waals surface area contributed by atoms with E-state index in [0.717, 1.165) is 11.8 Å². The molecule has 1 saturated heterocycles. The predicted molar refractivity (Wildman–Crippen MR) is 91.5 cm³/mol. The molecule has 2 aromatic rings. The standard InChI is InChI=1S/C17H11F2N3OS/c18-13-5-1-11(2-6-13)9-15-16(23)21-17(24-15)22-20-10-12-3-7-14(19)8-4-12/h1-10H,(H,21,22,23)/b15-9+,20-10-. The number of thioether (sulfide) groups is 1. The summed E-state index contributed by atoms with van der Waals surface area (Å²) in [6.07, 6.45) is 3.10. The maximum absolute atomic E-state index is 12.9. The minimum Gasteiger partial charge on any atom is -0.299 e. The molecule has 1 aliphatic heterocycles. The number of hydrogen-bond donors (Lipinski definition) is 1. The molecule has 0 atom stereocenters. The van der Waals surface area contributed by atoms with Gasteiger partial charge in [0.2, 0.25) is 0 Å². The van der Waals surface area contributed by atoms with E-state index >= 15 is 0 Å². The first-order chi connectivity index (χ1) is 11.6. The van der Waals surface area contributed by atoms with Crippen molar-refractivity contribution in [3.05, 3.63) is 76.2 Å². The van der Waals surface area contributed by atoms with Gasteiger partial charge in [0.1, 0.15) is 11.6 Å². The van der Waals surface area contributed by atoms with E-state index in [1.807, 2.05) is 0 Å². The predicted octanol–water partition coefficient (Wildman–Crippen LogP) is 3.56. The molecule has 4 nitrogen and oxygen atoms in total. The highest BCUT2D eigenvalue weighted by molar-refractivity contribution is 8.18. The second kappa shape index (κ2) is 7.18. The highest BCUT2D eigenvalue weighted by Gasteiger charge is 2.23. The Balaban J connectivity index is 1.69. The number of nitrogens with one attached hydrogen (secondary N) is 1. The van der Waals surface area contributed by atoms with Gasteiger partial charge in [0.05, 0.1) is 11.1 Å². The number of benzene rings is 2. The summed E-state index contributed by atoms with van der Waals surface area (Å²) in [6, 6.07) is 11.6. The summed E-state index contributed by atoms with van der Waals surface area (Å²) in [5, 5.41) is 10.7. The first kappa shape index (κ1) is 16.1. The van der Waals surface area contributed by atoms with Crippen LogP contribution in [0.2, 0.25) is 0 Å². The van der Waals surface area contributed by atoms with Gasteiger partial charge < -0.3 is 0 Å². The van der Waals surface area contributed by atoms with Crippen LogP contribution >= 0.6 is 11.8 Å². The summed E-state index contributed by atoms with van der Waals surface area (Å²) < 4.78 is 25.7. The molecule has 1 fully saturated rings. The summed E-state index contributed by atoms with van der Waals surface area (Å²) in [4.78, 5) is 12.3. The molecule has 0 bridgehead atoms. The van der Waals surface area contributed by atoms with E-state index in [2.05, 4.69) is 15.5 Å². The maximum atomic E-state index is 12.9. The number of carbonyl (C=O) groups is 1. The van der Waals surface area contributed by atoms with Gasteiger partial charge in [-0.1, -0.05) is 24.3 Å². The fraction of sp³-hybridized carbons (Fsp3) is 0. The van der Waals surface area contributed by atoms with Crippen LogP contribution in [0.15, 0.2) is 63.6 Å². The van der Waals surface area contributed by atoms with Crippen molar-refractivity contribution in [2.75, 3.05) is 0 Å². The number of nitrogens with zero attached hydrogens (tertiary/aromatic N) is 2. The number of halogens is 2. The Morgan fingerprint density at radius 2 is 1.50 bits per heavy atom. The van der Waals surface area contributed by atoms with Crippen LogP contribution in [0.3, 0.4) is 0 Å². The smallest absolute Gasteiger partial charge is 0.264 e. The van der Waals surface area contributed by atoms with Gasteiger partial charge in [0.25, 0.3) is 5.91 Å². The molecule has 0 spiro atoms. The lowest BCUT2D eigenvalue weighted by molar-refractivity contribution is -0.115. The van der Waals surface area contributed by atoms with E-state index in [0.29, 0.717) is 21.2 Å². The molecule has 3 rings (SSSR count). The molecule has 2 aromatic carbocycles. The van der Waals surface area contributed by atoms with Gasteiger partial charge in [-0.15, -0.1) is 5.10 Å². The van der Waals surface area contributed by atoms with Gasteiger partial charge in [-0.2, -0.15) is 5.10 Å². The number of carbonyl (C=O) groups excluding carboxylic acids is 1. The molecule has 0 unspecified atom stereocenters. The van der Waals surface area contributed by atoms with Gasteiger partial charge >= 0.3 is 0 Å². The fourth-order valence-electron chi connectivity index (χ4n) is 1.88. The van der Waals surface area contributed by atoms with E-state index < -0.39 is 0 Å².